The number of benzene rings is 3. The maximum Gasteiger partial charge on any atom is 0.328 e. The van der Waals surface area contributed by atoms with Gasteiger partial charge in [0.15, 0.2) is 0 Å². The van der Waals surface area contributed by atoms with Crippen LogP contribution in [0.15, 0.2) is 70.3 Å². The number of rotatable bonds is 20. The SMILES string of the molecule is CCCCCCn1c(=O)n(CCCCCC)c2cc3c4ccccc4n(CCCCCC)c(=O)n(CCCCCC)c3cc2c2ccccc21. The number of para-hydroxylation sites is 2. The molecule has 0 N–H and O–H groups in total. The van der Waals surface area contributed by atoms with Gasteiger partial charge in [-0.25, -0.2) is 9.59 Å². The highest BCUT2D eigenvalue weighted by molar-refractivity contribution is 6.13. The van der Waals surface area contributed by atoms with Crippen molar-refractivity contribution in [2.24, 2.45) is 0 Å². The van der Waals surface area contributed by atoms with Gasteiger partial charge in [-0.15, -0.1) is 0 Å². The third-order valence-corrected chi connectivity index (χ3v) is 10.5. The first-order valence-electron chi connectivity index (χ1n) is 20.1. The number of nitrogens with zero attached hydrogens (tertiary/aromatic N) is 4. The van der Waals surface area contributed by atoms with Gasteiger partial charge in [-0.2, -0.15) is 0 Å². The van der Waals surface area contributed by atoms with E-state index in [4.69, 9.17) is 0 Å². The first-order valence-corrected chi connectivity index (χ1v) is 20.1. The van der Waals surface area contributed by atoms with Crippen molar-refractivity contribution >= 4 is 43.6 Å². The first kappa shape index (κ1) is 37.5. The molecule has 0 aliphatic carbocycles. The molecule has 5 rings (SSSR count). The number of hydrogen-bond donors (Lipinski definition) is 0. The maximum absolute atomic E-state index is 14.8. The van der Waals surface area contributed by atoms with Crippen LogP contribution in [0.1, 0.15) is 130 Å². The van der Waals surface area contributed by atoms with Crippen LogP contribution < -0.4 is 11.4 Å². The Morgan fingerprint density at radius 1 is 0.360 bits per heavy atom. The molecule has 0 aliphatic rings. The largest absolute Gasteiger partial charge is 0.328 e. The van der Waals surface area contributed by atoms with Crippen molar-refractivity contribution in [2.45, 2.75) is 157 Å². The van der Waals surface area contributed by atoms with E-state index in [0.29, 0.717) is 26.2 Å². The molecule has 270 valence electrons. The molecule has 0 spiro atoms. The van der Waals surface area contributed by atoms with Crippen LogP contribution in [0.4, 0.5) is 0 Å². The lowest BCUT2D eigenvalue weighted by Crippen LogP contribution is -2.29. The van der Waals surface area contributed by atoms with Crippen molar-refractivity contribution in [2.75, 3.05) is 0 Å². The Bertz CT molecular complexity index is 1880. The summed E-state index contributed by atoms with van der Waals surface area (Å²) in [5.74, 6) is 0. The highest BCUT2D eigenvalue weighted by atomic mass is 16.2. The van der Waals surface area contributed by atoms with Gasteiger partial charge in [0.25, 0.3) is 0 Å². The fourth-order valence-electron chi connectivity index (χ4n) is 7.68. The van der Waals surface area contributed by atoms with Crippen LogP contribution in [0.25, 0.3) is 43.6 Å². The van der Waals surface area contributed by atoms with Crippen molar-refractivity contribution in [1.29, 1.82) is 0 Å². The quantitative estimate of drug-likeness (QED) is 0.0769. The second-order valence-corrected chi connectivity index (χ2v) is 14.3. The minimum atomic E-state index is 0.0658. The zero-order valence-corrected chi connectivity index (χ0v) is 31.5. The molecule has 2 heterocycles. The molecule has 6 nitrogen and oxygen atoms in total. The summed E-state index contributed by atoms with van der Waals surface area (Å²) in [5.41, 5.74) is 3.99. The smallest absolute Gasteiger partial charge is 0.293 e. The molecule has 0 amide bonds. The summed E-state index contributed by atoms with van der Waals surface area (Å²) >= 11 is 0. The summed E-state index contributed by atoms with van der Waals surface area (Å²) in [7, 11) is 0. The summed E-state index contributed by atoms with van der Waals surface area (Å²) in [5, 5.41) is 4.22. The number of aromatic nitrogens is 4. The van der Waals surface area contributed by atoms with Crippen molar-refractivity contribution in [3.8, 4) is 0 Å². The summed E-state index contributed by atoms with van der Waals surface area (Å²) in [4.78, 5) is 29.6. The van der Waals surface area contributed by atoms with Gasteiger partial charge in [0.1, 0.15) is 0 Å². The molecule has 0 aliphatic heterocycles. The van der Waals surface area contributed by atoms with E-state index in [9.17, 15) is 9.59 Å². The monoisotopic (exact) mass is 678 g/mol. The molecule has 0 saturated carbocycles. The van der Waals surface area contributed by atoms with E-state index >= 15 is 0 Å². The van der Waals surface area contributed by atoms with Crippen LogP contribution in [0.3, 0.4) is 0 Å². The van der Waals surface area contributed by atoms with Crippen LogP contribution in [-0.2, 0) is 26.2 Å². The minimum Gasteiger partial charge on any atom is -0.293 e. The topological polar surface area (TPSA) is 53.9 Å². The second-order valence-electron chi connectivity index (χ2n) is 14.3. The fourth-order valence-corrected chi connectivity index (χ4v) is 7.68. The van der Waals surface area contributed by atoms with E-state index in [2.05, 4.69) is 97.5 Å². The lowest BCUT2D eigenvalue weighted by atomic mass is 10.0. The van der Waals surface area contributed by atoms with E-state index in [1.807, 2.05) is 9.13 Å². The van der Waals surface area contributed by atoms with Gasteiger partial charge in [-0.05, 0) is 49.9 Å². The highest BCUT2D eigenvalue weighted by Crippen LogP contribution is 2.31. The van der Waals surface area contributed by atoms with Gasteiger partial charge >= 0.3 is 11.4 Å². The van der Waals surface area contributed by atoms with Crippen LogP contribution in [0.2, 0.25) is 0 Å². The predicted octanol–water partition coefficient (Wildman–Crippen LogP) is 11.7. The van der Waals surface area contributed by atoms with Crippen molar-refractivity contribution in [1.82, 2.24) is 18.3 Å². The molecule has 50 heavy (non-hydrogen) atoms. The molecule has 6 heteroatoms. The van der Waals surface area contributed by atoms with Crippen molar-refractivity contribution in [3.63, 3.8) is 0 Å². The van der Waals surface area contributed by atoms with E-state index in [-0.39, 0.29) is 11.4 Å². The van der Waals surface area contributed by atoms with E-state index in [1.54, 1.807) is 0 Å². The number of hydrogen-bond acceptors (Lipinski definition) is 2. The number of fused-ring (bicyclic) bond motifs is 6. The third-order valence-electron chi connectivity index (χ3n) is 10.5. The Labute approximate surface area is 299 Å². The minimum absolute atomic E-state index is 0.0658. The van der Waals surface area contributed by atoms with Crippen LogP contribution >= 0.6 is 0 Å². The fraction of sp³-hybridized carbons (Fsp3) is 0.545. The van der Waals surface area contributed by atoms with Crippen molar-refractivity contribution < 1.29 is 0 Å². The Morgan fingerprint density at radius 3 is 0.980 bits per heavy atom. The van der Waals surface area contributed by atoms with Gasteiger partial charge < -0.3 is 0 Å². The molecular formula is C44H62N4O2. The zero-order chi connectivity index (χ0) is 35.3. The zero-order valence-electron chi connectivity index (χ0n) is 31.5. The van der Waals surface area contributed by atoms with Gasteiger partial charge in [0.2, 0.25) is 0 Å². The summed E-state index contributed by atoms with van der Waals surface area (Å²) in [6, 6.07) is 21.4. The summed E-state index contributed by atoms with van der Waals surface area (Å²) in [6.07, 6.45) is 17.6. The normalized spacial score (nSPS) is 11.8. The Balaban J connectivity index is 1.91. The average Bonchev–Trinajstić information content (AvgIpc) is 3.29. The third kappa shape index (κ3) is 8.55. The molecule has 0 unspecified atom stereocenters. The second kappa shape index (κ2) is 19.0. The molecule has 0 bridgehead atoms. The number of unbranched alkanes of at least 4 members (excludes halogenated alkanes) is 12. The van der Waals surface area contributed by atoms with Crippen molar-refractivity contribution in [3.05, 3.63) is 81.6 Å². The van der Waals surface area contributed by atoms with Gasteiger partial charge in [-0.1, -0.05) is 141 Å². The molecule has 0 atom stereocenters. The summed E-state index contributed by atoms with van der Waals surface area (Å²) < 4.78 is 8.20. The van der Waals surface area contributed by atoms with Gasteiger partial charge in [0, 0.05) is 47.7 Å². The Kier molecular flexibility index (Phi) is 14.2. The molecule has 3 aromatic carbocycles. The lowest BCUT2D eigenvalue weighted by Gasteiger charge is -2.12. The van der Waals surface area contributed by atoms with Crippen LogP contribution in [0.5, 0.6) is 0 Å². The standard InChI is InChI=1S/C44H62N4O2/c1-5-9-13-21-29-45-39-27-19-17-25-35(39)37-33-42-38(34-41(37)47(43(45)49)31-23-15-11-7-3)36-26-18-20-28-40(36)46(30-22-14-10-6-2)44(50)48(42)32-24-16-12-8-4/h17-20,25-28,33-34H,5-16,21-24,29-32H2,1-4H3. The van der Waals surface area contributed by atoms with Crippen LogP contribution in [0, 0.1) is 0 Å². The van der Waals surface area contributed by atoms with Gasteiger partial charge in [-0.3, -0.25) is 18.3 Å². The maximum atomic E-state index is 14.8. The highest BCUT2D eigenvalue weighted by Gasteiger charge is 2.17. The lowest BCUT2D eigenvalue weighted by molar-refractivity contribution is 0.530. The predicted molar refractivity (Wildman–Crippen MR) is 215 cm³/mol. The van der Waals surface area contributed by atoms with E-state index in [1.165, 1.54) is 12.8 Å². The molecule has 2 aromatic heterocycles. The average molecular weight is 679 g/mol. The number of aryl methyl sites for hydroxylation is 4. The Hall–Kier alpha value is -3.80. The molecule has 0 fully saturated rings. The van der Waals surface area contributed by atoms with Gasteiger partial charge in [0.05, 0.1) is 22.1 Å². The molecule has 5 aromatic rings. The molecular weight excluding hydrogens is 617 g/mol. The van der Waals surface area contributed by atoms with Crippen LogP contribution in [-0.4, -0.2) is 18.3 Å². The summed E-state index contributed by atoms with van der Waals surface area (Å²) in [6.45, 7) is 11.7. The molecule has 0 radical (unpaired) electrons. The Morgan fingerprint density at radius 2 is 0.660 bits per heavy atom. The first-order chi connectivity index (χ1) is 24.5. The van der Waals surface area contributed by atoms with E-state index < -0.39 is 0 Å². The van der Waals surface area contributed by atoms with E-state index in [0.717, 1.165) is 134 Å². The molecule has 0 saturated heterocycles.